The van der Waals surface area contributed by atoms with Crippen molar-refractivity contribution in [1.82, 2.24) is 9.61 Å². The van der Waals surface area contributed by atoms with Crippen LogP contribution in [0.4, 0.5) is 0 Å². The third-order valence-corrected chi connectivity index (χ3v) is 2.86. The zero-order valence-corrected chi connectivity index (χ0v) is 9.08. The van der Waals surface area contributed by atoms with Crippen molar-refractivity contribution in [2.75, 3.05) is 0 Å². The van der Waals surface area contributed by atoms with Crippen molar-refractivity contribution in [3.63, 3.8) is 0 Å². The number of aromatic nitrogens is 2. The number of fused-ring (bicyclic) bond motifs is 1. The molecule has 0 aliphatic carbocycles. The number of nitrogens with zero attached hydrogens (tertiary/aromatic N) is 2. The number of carboxylic acids is 1. The molecule has 2 rings (SSSR count). The number of rotatable bonds is 1. The first-order chi connectivity index (χ1) is 6.58. The third kappa shape index (κ3) is 1.49. The molecule has 0 aliphatic rings. The Balaban J connectivity index is 2.72. The van der Waals surface area contributed by atoms with E-state index >= 15 is 0 Å². The maximum Gasteiger partial charge on any atom is 0.337 e. The molecule has 0 aromatic carbocycles. The molecule has 2 heterocycles. The van der Waals surface area contributed by atoms with Crippen LogP contribution in [0, 0.1) is 0 Å². The second-order valence-electron chi connectivity index (χ2n) is 2.69. The highest BCUT2D eigenvalue weighted by molar-refractivity contribution is 9.10. The molecule has 6 heteroatoms. The molecule has 0 radical (unpaired) electrons. The molecule has 0 bridgehead atoms. The summed E-state index contributed by atoms with van der Waals surface area (Å²) in [7, 11) is 0. The van der Waals surface area contributed by atoms with Crippen molar-refractivity contribution < 1.29 is 9.90 Å². The first kappa shape index (κ1) is 9.48. The van der Waals surface area contributed by atoms with E-state index in [2.05, 4.69) is 21.0 Å². The van der Waals surface area contributed by atoms with Crippen molar-refractivity contribution in [2.45, 2.75) is 0 Å². The van der Waals surface area contributed by atoms with E-state index in [1.807, 2.05) is 0 Å². The molecule has 0 unspecified atom stereocenters. The molecule has 0 atom stereocenters. The Kier molecular flexibility index (Phi) is 2.20. The van der Waals surface area contributed by atoms with Crippen LogP contribution in [0.3, 0.4) is 0 Å². The fourth-order valence-electron chi connectivity index (χ4n) is 1.11. The number of halogens is 2. The lowest BCUT2D eigenvalue weighted by atomic mass is 10.3. The maximum absolute atomic E-state index is 10.7. The van der Waals surface area contributed by atoms with E-state index in [-0.39, 0.29) is 5.56 Å². The summed E-state index contributed by atoms with van der Waals surface area (Å²) in [4.78, 5) is 10.7. The lowest BCUT2D eigenvalue weighted by Gasteiger charge is -1.96. The second-order valence-corrected chi connectivity index (χ2v) is 3.90. The molecule has 0 saturated heterocycles. The minimum absolute atomic E-state index is 0.187. The summed E-state index contributed by atoms with van der Waals surface area (Å²) in [5.74, 6) is -0.984. The third-order valence-electron chi connectivity index (χ3n) is 1.74. The Morgan fingerprint density at radius 2 is 2.29 bits per heavy atom. The van der Waals surface area contributed by atoms with E-state index in [9.17, 15) is 4.79 Å². The predicted molar refractivity (Wildman–Crippen MR) is 54.9 cm³/mol. The van der Waals surface area contributed by atoms with Crippen molar-refractivity contribution in [3.8, 4) is 0 Å². The molecule has 0 aliphatic heterocycles. The molecule has 1 N–H and O–H groups in total. The van der Waals surface area contributed by atoms with Gasteiger partial charge in [-0.1, -0.05) is 11.6 Å². The molecule has 72 valence electrons. The zero-order chi connectivity index (χ0) is 10.3. The molecular weight excluding hydrogens is 271 g/mol. The second kappa shape index (κ2) is 3.25. The largest absolute Gasteiger partial charge is 0.478 e. The molecule has 0 amide bonds. The summed E-state index contributed by atoms with van der Waals surface area (Å²) in [6.45, 7) is 0. The van der Waals surface area contributed by atoms with Gasteiger partial charge in [0.2, 0.25) is 0 Å². The number of hydrogen-bond acceptors (Lipinski definition) is 2. The van der Waals surface area contributed by atoms with Crippen LogP contribution in [-0.2, 0) is 0 Å². The van der Waals surface area contributed by atoms with Crippen LogP contribution in [0.2, 0.25) is 5.15 Å². The Morgan fingerprint density at radius 1 is 1.57 bits per heavy atom. The number of aromatic carboxylic acids is 1. The fraction of sp³-hybridized carbons (Fsp3) is 0. The highest BCUT2D eigenvalue weighted by atomic mass is 79.9. The van der Waals surface area contributed by atoms with Crippen LogP contribution in [0.5, 0.6) is 0 Å². The molecular formula is C8H4BrClN2O2. The van der Waals surface area contributed by atoms with E-state index in [0.717, 1.165) is 0 Å². The zero-order valence-electron chi connectivity index (χ0n) is 6.74. The Hall–Kier alpha value is -1.07. The summed E-state index contributed by atoms with van der Waals surface area (Å²) in [6.07, 6.45) is 1.41. The maximum atomic E-state index is 10.7. The summed E-state index contributed by atoms with van der Waals surface area (Å²) < 4.78 is 2.07. The normalized spacial score (nSPS) is 10.7. The first-order valence-corrected chi connectivity index (χ1v) is 4.83. The lowest BCUT2D eigenvalue weighted by Crippen LogP contribution is -1.93. The Bertz CT molecular complexity index is 484. The lowest BCUT2D eigenvalue weighted by molar-refractivity contribution is 0.0697. The SMILES string of the molecule is O=C(O)c1cc2cc(Br)c(Cl)nn2c1. The van der Waals surface area contributed by atoms with E-state index in [1.54, 1.807) is 6.07 Å². The van der Waals surface area contributed by atoms with Crippen LogP contribution in [-0.4, -0.2) is 20.7 Å². The molecule has 0 saturated carbocycles. The monoisotopic (exact) mass is 274 g/mol. The van der Waals surface area contributed by atoms with Gasteiger partial charge in [0.15, 0.2) is 5.15 Å². The van der Waals surface area contributed by atoms with Gasteiger partial charge in [0.25, 0.3) is 0 Å². The smallest absolute Gasteiger partial charge is 0.337 e. The van der Waals surface area contributed by atoms with Gasteiger partial charge in [0, 0.05) is 6.20 Å². The van der Waals surface area contributed by atoms with Crippen LogP contribution < -0.4 is 0 Å². The highest BCUT2D eigenvalue weighted by Crippen LogP contribution is 2.22. The minimum atomic E-state index is -0.984. The van der Waals surface area contributed by atoms with Gasteiger partial charge in [-0.3, -0.25) is 0 Å². The van der Waals surface area contributed by atoms with Crippen molar-refractivity contribution >= 4 is 39.0 Å². The predicted octanol–water partition coefficient (Wildman–Crippen LogP) is 2.45. The Morgan fingerprint density at radius 3 is 2.93 bits per heavy atom. The van der Waals surface area contributed by atoms with E-state index in [4.69, 9.17) is 16.7 Å². The quantitative estimate of drug-likeness (QED) is 0.870. The molecule has 2 aromatic heterocycles. The van der Waals surface area contributed by atoms with Crippen molar-refractivity contribution in [1.29, 1.82) is 0 Å². The summed E-state index contributed by atoms with van der Waals surface area (Å²) in [5, 5.41) is 13.0. The van der Waals surface area contributed by atoms with Gasteiger partial charge in [0.05, 0.1) is 15.6 Å². The molecule has 14 heavy (non-hydrogen) atoms. The van der Waals surface area contributed by atoms with Crippen molar-refractivity contribution in [2.24, 2.45) is 0 Å². The van der Waals surface area contributed by atoms with Crippen LogP contribution in [0.1, 0.15) is 10.4 Å². The Labute approximate surface area is 92.2 Å². The summed E-state index contributed by atoms with van der Waals surface area (Å²) >= 11 is 8.96. The molecule has 0 spiro atoms. The van der Waals surface area contributed by atoms with Gasteiger partial charge in [-0.2, -0.15) is 5.10 Å². The first-order valence-electron chi connectivity index (χ1n) is 3.65. The van der Waals surface area contributed by atoms with Gasteiger partial charge in [-0.25, -0.2) is 9.31 Å². The topological polar surface area (TPSA) is 54.6 Å². The average Bonchev–Trinajstić information content (AvgIpc) is 2.48. The van der Waals surface area contributed by atoms with Crippen LogP contribution in [0.25, 0.3) is 5.52 Å². The van der Waals surface area contributed by atoms with Gasteiger partial charge in [-0.05, 0) is 28.1 Å². The van der Waals surface area contributed by atoms with E-state index in [0.29, 0.717) is 15.1 Å². The van der Waals surface area contributed by atoms with Gasteiger partial charge < -0.3 is 5.11 Å². The standard InChI is InChI=1S/C8H4BrClN2O2/c9-6-2-5-1-4(8(13)14)3-12(5)11-7(6)10/h1-3H,(H,13,14). The minimum Gasteiger partial charge on any atom is -0.478 e. The molecule has 4 nitrogen and oxygen atoms in total. The summed E-state index contributed by atoms with van der Waals surface area (Å²) in [6, 6.07) is 3.23. The van der Waals surface area contributed by atoms with Gasteiger partial charge in [-0.15, -0.1) is 0 Å². The van der Waals surface area contributed by atoms with E-state index < -0.39 is 5.97 Å². The fourth-order valence-corrected chi connectivity index (χ4v) is 1.56. The van der Waals surface area contributed by atoms with Crippen molar-refractivity contribution in [3.05, 3.63) is 33.5 Å². The van der Waals surface area contributed by atoms with Crippen LogP contribution in [0.15, 0.2) is 22.8 Å². The summed E-state index contributed by atoms with van der Waals surface area (Å²) in [5.41, 5.74) is 0.866. The number of hydrogen-bond donors (Lipinski definition) is 1. The van der Waals surface area contributed by atoms with Gasteiger partial charge >= 0.3 is 5.97 Å². The highest BCUT2D eigenvalue weighted by Gasteiger charge is 2.09. The number of carboxylic acid groups (broad SMARTS) is 1. The molecule has 2 aromatic rings. The number of carbonyl (C=O) groups is 1. The average molecular weight is 275 g/mol. The van der Waals surface area contributed by atoms with E-state index in [1.165, 1.54) is 16.8 Å². The van der Waals surface area contributed by atoms with Crippen LogP contribution >= 0.6 is 27.5 Å². The van der Waals surface area contributed by atoms with Gasteiger partial charge in [0.1, 0.15) is 0 Å². The molecule has 0 fully saturated rings.